The second-order valence-corrected chi connectivity index (χ2v) is 7.36. The summed E-state index contributed by atoms with van der Waals surface area (Å²) in [4.78, 5) is 0. The second-order valence-electron chi connectivity index (χ2n) is 7.36. The van der Waals surface area contributed by atoms with E-state index < -0.39 is 11.6 Å². The van der Waals surface area contributed by atoms with E-state index in [-0.39, 0.29) is 11.7 Å². The standard InChI is InChI=1S/C23H23F2N5/c1-15-11-20(29-10-4-9-27-29)7-5-18(15)13-26-16(2)21-14-28-30(17(21)3)23-8-6-19(24)12-22(23)25/h4-12,14,16,26H,13H2,1-3H3/t16-/m1/s1. The van der Waals surface area contributed by atoms with E-state index in [0.29, 0.717) is 6.54 Å². The molecule has 0 bridgehead atoms. The van der Waals surface area contributed by atoms with Crippen LogP contribution in [0.4, 0.5) is 8.78 Å². The van der Waals surface area contributed by atoms with Crippen LogP contribution in [-0.2, 0) is 6.54 Å². The van der Waals surface area contributed by atoms with Crippen molar-refractivity contribution in [1.82, 2.24) is 24.9 Å². The Balaban J connectivity index is 1.48. The fourth-order valence-corrected chi connectivity index (χ4v) is 3.56. The minimum Gasteiger partial charge on any atom is -0.306 e. The number of benzene rings is 2. The molecule has 0 amide bonds. The summed E-state index contributed by atoms with van der Waals surface area (Å²) in [5, 5.41) is 12.1. The van der Waals surface area contributed by atoms with Crippen molar-refractivity contribution in [3.63, 3.8) is 0 Å². The van der Waals surface area contributed by atoms with Crippen molar-refractivity contribution in [2.24, 2.45) is 0 Å². The summed E-state index contributed by atoms with van der Waals surface area (Å²) < 4.78 is 30.7. The Hall–Kier alpha value is -3.32. The summed E-state index contributed by atoms with van der Waals surface area (Å²) in [7, 11) is 0. The fourth-order valence-electron chi connectivity index (χ4n) is 3.56. The van der Waals surface area contributed by atoms with Crippen molar-refractivity contribution in [1.29, 1.82) is 0 Å². The number of halogens is 2. The highest BCUT2D eigenvalue weighted by Crippen LogP contribution is 2.23. The Labute approximate surface area is 174 Å². The average Bonchev–Trinajstić information content (AvgIpc) is 3.37. The number of hydrogen-bond donors (Lipinski definition) is 1. The molecule has 154 valence electrons. The van der Waals surface area contributed by atoms with Crippen molar-refractivity contribution in [3.05, 3.63) is 95.1 Å². The third-order valence-corrected chi connectivity index (χ3v) is 5.35. The van der Waals surface area contributed by atoms with Gasteiger partial charge in [-0.1, -0.05) is 6.07 Å². The molecular formula is C23H23F2N5. The van der Waals surface area contributed by atoms with Crippen molar-refractivity contribution in [2.45, 2.75) is 33.4 Å². The Kier molecular flexibility index (Phi) is 5.46. The highest BCUT2D eigenvalue weighted by molar-refractivity contribution is 5.40. The molecule has 1 N–H and O–H groups in total. The van der Waals surface area contributed by atoms with Gasteiger partial charge in [0.25, 0.3) is 0 Å². The summed E-state index contributed by atoms with van der Waals surface area (Å²) in [6.07, 6.45) is 5.40. The molecule has 0 aliphatic rings. The summed E-state index contributed by atoms with van der Waals surface area (Å²) in [5.74, 6) is -1.24. The van der Waals surface area contributed by atoms with Gasteiger partial charge < -0.3 is 5.32 Å². The fraction of sp³-hybridized carbons (Fsp3) is 0.217. The maximum Gasteiger partial charge on any atom is 0.151 e. The van der Waals surface area contributed by atoms with E-state index in [0.717, 1.165) is 23.0 Å². The topological polar surface area (TPSA) is 47.7 Å². The minimum atomic E-state index is -0.638. The van der Waals surface area contributed by atoms with Crippen LogP contribution >= 0.6 is 0 Å². The Morgan fingerprint density at radius 1 is 1.07 bits per heavy atom. The van der Waals surface area contributed by atoms with Gasteiger partial charge in [-0.25, -0.2) is 18.1 Å². The quantitative estimate of drug-likeness (QED) is 0.499. The Bertz CT molecular complexity index is 1160. The van der Waals surface area contributed by atoms with Gasteiger partial charge in [-0.15, -0.1) is 0 Å². The highest BCUT2D eigenvalue weighted by Gasteiger charge is 2.16. The molecule has 0 unspecified atom stereocenters. The molecule has 0 fully saturated rings. The predicted molar refractivity (Wildman–Crippen MR) is 112 cm³/mol. The lowest BCUT2D eigenvalue weighted by molar-refractivity contribution is 0.565. The molecule has 4 aromatic rings. The van der Waals surface area contributed by atoms with Gasteiger partial charge >= 0.3 is 0 Å². The molecule has 0 spiro atoms. The molecule has 0 radical (unpaired) electrons. The largest absolute Gasteiger partial charge is 0.306 e. The highest BCUT2D eigenvalue weighted by atomic mass is 19.1. The van der Waals surface area contributed by atoms with Crippen molar-refractivity contribution in [3.8, 4) is 11.4 Å². The summed E-state index contributed by atoms with van der Waals surface area (Å²) in [6, 6.07) is 11.6. The second kappa shape index (κ2) is 8.20. The van der Waals surface area contributed by atoms with Gasteiger partial charge in [0.1, 0.15) is 11.5 Å². The van der Waals surface area contributed by atoms with E-state index in [1.54, 1.807) is 12.4 Å². The normalized spacial score (nSPS) is 12.3. The number of nitrogens with one attached hydrogen (secondary N) is 1. The molecule has 2 heterocycles. The molecule has 30 heavy (non-hydrogen) atoms. The number of aromatic nitrogens is 4. The molecular weight excluding hydrogens is 384 g/mol. The van der Waals surface area contributed by atoms with Crippen molar-refractivity contribution < 1.29 is 8.78 Å². The third kappa shape index (κ3) is 3.89. The average molecular weight is 407 g/mol. The van der Waals surface area contributed by atoms with E-state index in [9.17, 15) is 8.78 Å². The van der Waals surface area contributed by atoms with Crippen molar-refractivity contribution in [2.75, 3.05) is 0 Å². The summed E-state index contributed by atoms with van der Waals surface area (Å²) in [5.41, 5.74) is 5.39. The number of nitrogens with zero attached hydrogens (tertiary/aromatic N) is 4. The number of hydrogen-bond acceptors (Lipinski definition) is 3. The van der Waals surface area contributed by atoms with E-state index >= 15 is 0 Å². The van der Waals surface area contributed by atoms with Gasteiger partial charge in [0.05, 0.1) is 11.9 Å². The molecule has 0 saturated heterocycles. The van der Waals surface area contributed by atoms with Gasteiger partial charge in [0, 0.05) is 42.3 Å². The molecule has 2 aromatic heterocycles. The Morgan fingerprint density at radius 3 is 2.60 bits per heavy atom. The molecule has 5 nitrogen and oxygen atoms in total. The number of rotatable bonds is 6. The lowest BCUT2D eigenvalue weighted by Crippen LogP contribution is -2.19. The molecule has 7 heteroatoms. The van der Waals surface area contributed by atoms with E-state index in [1.165, 1.54) is 27.9 Å². The van der Waals surface area contributed by atoms with Crippen LogP contribution in [0.15, 0.2) is 61.1 Å². The zero-order valence-electron chi connectivity index (χ0n) is 17.1. The van der Waals surface area contributed by atoms with Crippen LogP contribution in [0.3, 0.4) is 0 Å². The minimum absolute atomic E-state index is 0.00690. The van der Waals surface area contributed by atoms with Gasteiger partial charge in [0.15, 0.2) is 5.82 Å². The molecule has 0 saturated carbocycles. The van der Waals surface area contributed by atoms with Gasteiger partial charge in [-0.3, -0.25) is 0 Å². The molecule has 1 atom stereocenters. The lowest BCUT2D eigenvalue weighted by atomic mass is 10.1. The van der Waals surface area contributed by atoms with E-state index in [4.69, 9.17) is 0 Å². The molecule has 4 rings (SSSR count). The maximum absolute atomic E-state index is 14.2. The Morgan fingerprint density at radius 2 is 1.90 bits per heavy atom. The third-order valence-electron chi connectivity index (χ3n) is 5.35. The zero-order chi connectivity index (χ0) is 21.3. The lowest BCUT2D eigenvalue weighted by Gasteiger charge is -2.16. The van der Waals surface area contributed by atoms with Crippen LogP contribution in [0.1, 0.15) is 35.3 Å². The van der Waals surface area contributed by atoms with Crippen LogP contribution in [0.5, 0.6) is 0 Å². The van der Waals surface area contributed by atoms with Crippen molar-refractivity contribution >= 4 is 0 Å². The van der Waals surface area contributed by atoms with Gasteiger partial charge in [-0.05, 0) is 62.2 Å². The summed E-state index contributed by atoms with van der Waals surface area (Å²) >= 11 is 0. The zero-order valence-corrected chi connectivity index (χ0v) is 17.1. The van der Waals surface area contributed by atoms with Crippen LogP contribution in [0.2, 0.25) is 0 Å². The van der Waals surface area contributed by atoms with Gasteiger partial charge in [-0.2, -0.15) is 10.2 Å². The van der Waals surface area contributed by atoms with Crippen LogP contribution in [0, 0.1) is 25.5 Å². The smallest absolute Gasteiger partial charge is 0.151 e. The SMILES string of the molecule is Cc1cc(-n2cccn2)ccc1CN[C@H](C)c1cnn(-c2ccc(F)cc2F)c1C. The predicted octanol–water partition coefficient (Wildman–Crippen LogP) is 4.80. The van der Waals surface area contributed by atoms with Crippen LogP contribution < -0.4 is 5.32 Å². The van der Waals surface area contributed by atoms with E-state index in [1.807, 2.05) is 36.9 Å². The molecule has 0 aliphatic carbocycles. The number of aryl methyl sites for hydroxylation is 1. The first-order chi connectivity index (χ1) is 14.4. The molecule has 0 aliphatic heterocycles. The van der Waals surface area contributed by atoms with Gasteiger partial charge in [0.2, 0.25) is 0 Å². The summed E-state index contributed by atoms with van der Waals surface area (Å²) in [6.45, 7) is 6.69. The van der Waals surface area contributed by atoms with Crippen LogP contribution in [-0.4, -0.2) is 19.6 Å². The van der Waals surface area contributed by atoms with Crippen LogP contribution in [0.25, 0.3) is 11.4 Å². The maximum atomic E-state index is 14.2. The monoisotopic (exact) mass is 407 g/mol. The van der Waals surface area contributed by atoms with E-state index in [2.05, 4.69) is 34.6 Å². The first-order valence-electron chi connectivity index (χ1n) is 9.77. The first-order valence-corrected chi connectivity index (χ1v) is 9.77. The first kappa shape index (κ1) is 20.0. The molecule has 2 aromatic carbocycles.